The number of thiophene rings is 1. The number of ether oxygens (including phenoxy) is 1. The lowest BCUT2D eigenvalue weighted by Crippen LogP contribution is -2.28. The fourth-order valence-electron chi connectivity index (χ4n) is 3.56. The summed E-state index contributed by atoms with van der Waals surface area (Å²) in [7, 11) is 0. The van der Waals surface area contributed by atoms with Crippen LogP contribution in [0.2, 0.25) is 0 Å². The van der Waals surface area contributed by atoms with Crippen molar-refractivity contribution in [3.05, 3.63) is 50.6 Å². The molecule has 0 radical (unpaired) electrons. The number of nitrogens with zero attached hydrogens (tertiary/aromatic N) is 2. The van der Waals surface area contributed by atoms with Crippen LogP contribution in [0.25, 0.3) is 15.9 Å². The number of rotatable bonds is 5. The van der Waals surface area contributed by atoms with Crippen LogP contribution in [0.5, 0.6) is 0 Å². The number of hydrogen-bond donors (Lipinski definition) is 1. The fourth-order valence-corrected chi connectivity index (χ4v) is 5.48. The standard InChI is InChI=1S/C21H23N3O3S2/c1-11(2)15-8-14-16(9-27-15)29-19-18(14)20(26)24(13-6-4-5-12(3)7-13)21(23-19)28-10-17(22)25/h4-7,11,15H,8-10H2,1-3H3,(H2,22,25)/t15-/m1/s1. The number of nitrogens with two attached hydrogens (primary N) is 1. The number of carbonyl (C=O) groups is 1. The van der Waals surface area contributed by atoms with Crippen molar-refractivity contribution in [2.45, 2.75) is 45.1 Å². The van der Waals surface area contributed by atoms with E-state index < -0.39 is 5.91 Å². The number of primary amides is 1. The molecule has 1 aromatic carbocycles. The van der Waals surface area contributed by atoms with Gasteiger partial charge < -0.3 is 10.5 Å². The molecule has 1 atom stereocenters. The Labute approximate surface area is 177 Å². The van der Waals surface area contributed by atoms with Gasteiger partial charge in [0.25, 0.3) is 5.56 Å². The number of benzene rings is 1. The first kappa shape index (κ1) is 20.1. The summed E-state index contributed by atoms with van der Waals surface area (Å²) in [6.45, 7) is 6.75. The van der Waals surface area contributed by atoms with Gasteiger partial charge in [-0.25, -0.2) is 4.98 Å². The van der Waals surface area contributed by atoms with Crippen molar-refractivity contribution < 1.29 is 9.53 Å². The van der Waals surface area contributed by atoms with E-state index in [-0.39, 0.29) is 17.4 Å². The third-order valence-corrected chi connectivity index (χ3v) is 7.12. The summed E-state index contributed by atoms with van der Waals surface area (Å²) in [5.74, 6) is -0.0119. The molecule has 0 bridgehead atoms. The zero-order chi connectivity index (χ0) is 20.7. The molecule has 6 nitrogen and oxygen atoms in total. The largest absolute Gasteiger partial charge is 0.372 e. The van der Waals surface area contributed by atoms with E-state index in [1.54, 1.807) is 4.57 Å². The van der Waals surface area contributed by atoms with Gasteiger partial charge in [-0.05, 0) is 36.1 Å². The van der Waals surface area contributed by atoms with Gasteiger partial charge >= 0.3 is 0 Å². The summed E-state index contributed by atoms with van der Waals surface area (Å²) in [5.41, 5.74) is 8.07. The molecule has 4 rings (SSSR count). The Balaban J connectivity index is 1.94. The van der Waals surface area contributed by atoms with Crippen LogP contribution < -0.4 is 11.3 Å². The van der Waals surface area contributed by atoms with Crippen molar-refractivity contribution in [1.29, 1.82) is 0 Å². The first-order valence-corrected chi connectivity index (χ1v) is 11.3. The number of aromatic nitrogens is 2. The summed E-state index contributed by atoms with van der Waals surface area (Å²) in [4.78, 5) is 31.6. The van der Waals surface area contributed by atoms with E-state index in [1.165, 1.54) is 23.1 Å². The Morgan fingerprint density at radius 2 is 2.24 bits per heavy atom. The zero-order valence-electron chi connectivity index (χ0n) is 16.6. The minimum Gasteiger partial charge on any atom is -0.372 e. The average molecular weight is 430 g/mol. The first-order valence-electron chi connectivity index (χ1n) is 9.52. The molecule has 152 valence electrons. The molecule has 0 spiro atoms. The van der Waals surface area contributed by atoms with E-state index in [0.717, 1.165) is 21.7 Å². The van der Waals surface area contributed by atoms with Gasteiger partial charge in [0.2, 0.25) is 5.91 Å². The predicted octanol–water partition coefficient (Wildman–Crippen LogP) is 3.43. The van der Waals surface area contributed by atoms with Crippen molar-refractivity contribution in [3.63, 3.8) is 0 Å². The molecule has 1 aliphatic heterocycles. The molecule has 0 fully saturated rings. The lowest BCUT2D eigenvalue weighted by atomic mass is 9.96. The van der Waals surface area contributed by atoms with Gasteiger partial charge in [0, 0.05) is 11.3 Å². The lowest BCUT2D eigenvalue weighted by Gasteiger charge is -2.26. The minimum atomic E-state index is -0.446. The van der Waals surface area contributed by atoms with Gasteiger partial charge in [-0.15, -0.1) is 11.3 Å². The van der Waals surface area contributed by atoms with Gasteiger partial charge in [0.1, 0.15) is 4.83 Å². The Morgan fingerprint density at radius 3 is 2.93 bits per heavy atom. The van der Waals surface area contributed by atoms with Crippen LogP contribution in [0.3, 0.4) is 0 Å². The third kappa shape index (κ3) is 3.84. The van der Waals surface area contributed by atoms with Gasteiger partial charge in [-0.2, -0.15) is 0 Å². The lowest BCUT2D eigenvalue weighted by molar-refractivity contribution is -0.115. The van der Waals surface area contributed by atoms with Crippen LogP contribution in [0.1, 0.15) is 29.9 Å². The normalized spacial score (nSPS) is 16.3. The molecule has 0 aliphatic carbocycles. The van der Waals surface area contributed by atoms with Gasteiger partial charge in [-0.3, -0.25) is 14.2 Å². The van der Waals surface area contributed by atoms with E-state index in [9.17, 15) is 9.59 Å². The number of thioether (sulfide) groups is 1. The second kappa shape index (κ2) is 7.93. The van der Waals surface area contributed by atoms with Crippen LogP contribution in [-0.4, -0.2) is 27.3 Å². The van der Waals surface area contributed by atoms with E-state index >= 15 is 0 Å². The van der Waals surface area contributed by atoms with E-state index in [1.807, 2.05) is 31.2 Å². The number of aryl methyl sites for hydroxylation is 1. The molecule has 0 saturated carbocycles. The Bertz CT molecular complexity index is 1150. The zero-order valence-corrected chi connectivity index (χ0v) is 18.2. The maximum atomic E-state index is 13.7. The van der Waals surface area contributed by atoms with Crippen LogP contribution in [-0.2, 0) is 22.6 Å². The molecule has 0 saturated heterocycles. The maximum Gasteiger partial charge on any atom is 0.267 e. The number of hydrogen-bond acceptors (Lipinski definition) is 6. The van der Waals surface area contributed by atoms with Gasteiger partial charge in [-0.1, -0.05) is 37.7 Å². The van der Waals surface area contributed by atoms with Crippen LogP contribution in [0.15, 0.2) is 34.2 Å². The van der Waals surface area contributed by atoms with Crippen molar-refractivity contribution in [1.82, 2.24) is 9.55 Å². The Morgan fingerprint density at radius 1 is 1.45 bits per heavy atom. The van der Waals surface area contributed by atoms with Crippen LogP contribution >= 0.6 is 23.1 Å². The number of carbonyl (C=O) groups excluding carboxylic acids is 1. The van der Waals surface area contributed by atoms with Crippen LogP contribution in [0.4, 0.5) is 0 Å². The Kier molecular flexibility index (Phi) is 5.50. The minimum absolute atomic E-state index is 0.0629. The highest BCUT2D eigenvalue weighted by Crippen LogP contribution is 2.36. The van der Waals surface area contributed by atoms with Crippen molar-refractivity contribution in [2.24, 2.45) is 11.7 Å². The topological polar surface area (TPSA) is 87.2 Å². The second-order valence-electron chi connectivity index (χ2n) is 7.61. The predicted molar refractivity (Wildman–Crippen MR) is 117 cm³/mol. The molecule has 8 heteroatoms. The molecule has 1 amide bonds. The summed E-state index contributed by atoms with van der Waals surface area (Å²) in [5, 5.41) is 1.15. The summed E-state index contributed by atoms with van der Waals surface area (Å²) in [6.07, 6.45) is 0.807. The summed E-state index contributed by atoms with van der Waals surface area (Å²) < 4.78 is 7.59. The third-order valence-electron chi connectivity index (χ3n) is 5.06. The summed E-state index contributed by atoms with van der Waals surface area (Å²) >= 11 is 2.69. The molecule has 3 aromatic rings. The molecule has 2 N–H and O–H groups in total. The number of fused-ring (bicyclic) bond motifs is 3. The monoisotopic (exact) mass is 429 g/mol. The van der Waals surface area contributed by atoms with Crippen LogP contribution in [0, 0.1) is 12.8 Å². The van der Waals surface area contributed by atoms with Crippen molar-refractivity contribution in [2.75, 3.05) is 5.75 Å². The Hall–Kier alpha value is -2.16. The van der Waals surface area contributed by atoms with E-state index in [4.69, 9.17) is 15.5 Å². The molecule has 2 aromatic heterocycles. The quantitative estimate of drug-likeness (QED) is 0.496. The van der Waals surface area contributed by atoms with Gasteiger partial charge in [0.15, 0.2) is 5.16 Å². The fraction of sp³-hybridized carbons (Fsp3) is 0.381. The van der Waals surface area contributed by atoms with Crippen molar-refractivity contribution in [3.8, 4) is 5.69 Å². The smallest absolute Gasteiger partial charge is 0.267 e. The molecule has 1 aliphatic rings. The maximum absolute atomic E-state index is 13.7. The molecule has 29 heavy (non-hydrogen) atoms. The second-order valence-corrected chi connectivity index (χ2v) is 9.64. The highest BCUT2D eigenvalue weighted by molar-refractivity contribution is 7.99. The molecular weight excluding hydrogens is 406 g/mol. The molecule has 3 heterocycles. The number of amides is 1. The van der Waals surface area contributed by atoms with Crippen molar-refractivity contribution >= 4 is 39.2 Å². The van der Waals surface area contributed by atoms with E-state index in [0.29, 0.717) is 34.3 Å². The average Bonchev–Trinajstić information content (AvgIpc) is 3.04. The van der Waals surface area contributed by atoms with Gasteiger partial charge in [0.05, 0.1) is 29.5 Å². The SMILES string of the molecule is Cc1cccc(-n2c(SCC(N)=O)nc3sc4c(c3c2=O)C[C@H](C(C)C)OC4)c1. The highest BCUT2D eigenvalue weighted by Gasteiger charge is 2.28. The van der Waals surface area contributed by atoms with E-state index in [2.05, 4.69) is 13.8 Å². The summed E-state index contributed by atoms with van der Waals surface area (Å²) in [6, 6.07) is 7.72. The first-order chi connectivity index (χ1) is 13.8. The molecule has 0 unspecified atom stereocenters. The highest BCUT2D eigenvalue weighted by atomic mass is 32.2. The molecular formula is C21H23N3O3S2.